The van der Waals surface area contributed by atoms with Crippen LogP contribution in [-0.2, 0) is 0 Å². The van der Waals surface area contributed by atoms with E-state index in [1.165, 1.54) is 14.2 Å². The van der Waals surface area contributed by atoms with Crippen LogP contribution in [0.3, 0.4) is 0 Å². The van der Waals surface area contributed by atoms with Crippen molar-refractivity contribution in [2.75, 3.05) is 14.2 Å². The van der Waals surface area contributed by atoms with E-state index in [1.54, 1.807) is 66.7 Å². The highest BCUT2D eigenvalue weighted by molar-refractivity contribution is 5.90. The molecule has 0 fully saturated rings. The summed E-state index contributed by atoms with van der Waals surface area (Å²) in [7, 11) is 3.04. The first-order valence-electron chi connectivity index (χ1n) is 10.7. The molecule has 0 saturated heterocycles. The van der Waals surface area contributed by atoms with Crippen molar-refractivity contribution in [3.63, 3.8) is 0 Å². The maximum Gasteiger partial charge on any atom is 0.123 e. The van der Waals surface area contributed by atoms with Crippen molar-refractivity contribution < 1.29 is 9.47 Å². The highest BCUT2D eigenvalue weighted by Crippen LogP contribution is 2.40. The molecule has 1 heterocycles. The average Bonchev–Trinajstić information content (AvgIpc) is 2.95. The highest BCUT2D eigenvalue weighted by atomic mass is 16.5. The molecule has 0 atom stereocenters. The van der Waals surface area contributed by atoms with E-state index in [0.29, 0.717) is 56.3 Å². The molecule has 0 aliphatic heterocycles. The van der Waals surface area contributed by atoms with Gasteiger partial charge in [0.1, 0.15) is 23.6 Å². The molecule has 0 spiro atoms. The normalized spacial score (nSPS) is 9.83. The first-order valence-corrected chi connectivity index (χ1v) is 10.7. The largest absolute Gasteiger partial charge is 0.497 e. The number of rotatable bonds is 5. The number of benzene rings is 3. The molecule has 0 radical (unpaired) electrons. The third kappa shape index (κ3) is 4.29. The Morgan fingerprint density at radius 3 is 1.31 bits per heavy atom. The predicted octanol–water partition coefficient (Wildman–Crippen LogP) is 5.59. The van der Waals surface area contributed by atoms with Crippen molar-refractivity contribution in [3.05, 3.63) is 89.0 Å². The minimum Gasteiger partial charge on any atom is -0.497 e. The Labute approximate surface area is 208 Å². The molecule has 0 bridgehead atoms. The first-order chi connectivity index (χ1) is 17.6. The van der Waals surface area contributed by atoms with Crippen molar-refractivity contribution in [2.45, 2.75) is 0 Å². The Balaban J connectivity index is 2.13. The second-order valence-electron chi connectivity index (χ2n) is 7.64. The molecule has 0 saturated carbocycles. The number of ether oxygens (including phenoxy) is 2. The lowest BCUT2D eigenvalue weighted by Gasteiger charge is -2.17. The minimum absolute atomic E-state index is 0.198. The summed E-state index contributed by atoms with van der Waals surface area (Å²) in [4.78, 5) is 4.76. The summed E-state index contributed by atoms with van der Waals surface area (Å²) in [5, 5.41) is 38.9. The van der Waals surface area contributed by atoms with E-state index in [2.05, 4.69) is 24.3 Å². The fourth-order valence-corrected chi connectivity index (χ4v) is 3.87. The lowest BCUT2D eigenvalue weighted by molar-refractivity contribution is 0.394. The van der Waals surface area contributed by atoms with Gasteiger partial charge in [0, 0.05) is 22.8 Å². The summed E-state index contributed by atoms with van der Waals surface area (Å²) in [6.45, 7) is 0. The van der Waals surface area contributed by atoms with E-state index < -0.39 is 0 Å². The van der Waals surface area contributed by atoms with Gasteiger partial charge in [-0.3, -0.25) is 0 Å². The fourth-order valence-electron chi connectivity index (χ4n) is 3.87. The monoisotopic (exact) mass is 467 g/mol. The molecular formula is C29H17N5O2. The van der Waals surface area contributed by atoms with Gasteiger partial charge in [0.05, 0.1) is 60.0 Å². The summed E-state index contributed by atoms with van der Waals surface area (Å²) >= 11 is 0. The van der Waals surface area contributed by atoms with Crippen LogP contribution >= 0.6 is 0 Å². The number of methoxy groups -OCH3 is 2. The van der Waals surface area contributed by atoms with Crippen molar-refractivity contribution in [3.8, 4) is 69.4 Å². The van der Waals surface area contributed by atoms with Gasteiger partial charge in [-0.15, -0.1) is 0 Å². The third-order valence-electron chi connectivity index (χ3n) is 5.64. The van der Waals surface area contributed by atoms with Gasteiger partial charge < -0.3 is 9.47 Å². The Kier molecular flexibility index (Phi) is 6.60. The van der Waals surface area contributed by atoms with Gasteiger partial charge >= 0.3 is 0 Å². The van der Waals surface area contributed by atoms with E-state index in [4.69, 9.17) is 14.5 Å². The maximum atomic E-state index is 10.3. The van der Waals surface area contributed by atoms with Gasteiger partial charge in [-0.2, -0.15) is 21.0 Å². The van der Waals surface area contributed by atoms with Gasteiger partial charge in [0.2, 0.25) is 0 Å². The molecule has 7 nitrogen and oxygen atoms in total. The van der Waals surface area contributed by atoms with Crippen LogP contribution in [0.15, 0.2) is 66.7 Å². The second-order valence-corrected chi connectivity index (χ2v) is 7.64. The number of aromatic nitrogens is 1. The summed E-state index contributed by atoms with van der Waals surface area (Å²) in [6.07, 6.45) is 0. The molecule has 7 heteroatoms. The molecule has 0 aliphatic carbocycles. The Morgan fingerprint density at radius 2 is 0.972 bits per heavy atom. The van der Waals surface area contributed by atoms with E-state index in [9.17, 15) is 21.0 Å². The fraction of sp³-hybridized carbons (Fsp3) is 0.0690. The van der Waals surface area contributed by atoms with Crippen LogP contribution in [0.1, 0.15) is 22.3 Å². The number of pyridine rings is 1. The molecule has 0 aliphatic rings. The van der Waals surface area contributed by atoms with Gasteiger partial charge in [0.15, 0.2) is 0 Å². The summed E-state index contributed by atoms with van der Waals surface area (Å²) in [5.41, 5.74) is 4.20. The van der Waals surface area contributed by atoms with Gasteiger partial charge in [-0.05, 0) is 42.0 Å². The number of nitriles is 4. The van der Waals surface area contributed by atoms with E-state index >= 15 is 0 Å². The quantitative estimate of drug-likeness (QED) is 0.374. The number of hydrogen-bond donors (Lipinski definition) is 0. The molecule has 0 N–H and O–H groups in total. The van der Waals surface area contributed by atoms with Gasteiger partial charge in [0.25, 0.3) is 0 Å². The Bertz CT molecular complexity index is 1510. The molecule has 1 aromatic heterocycles. The van der Waals surface area contributed by atoms with E-state index in [0.717, 1.165) is 0 Å². The molecule has 36 heavy (non-hydrogen) atoms. The molecule has 4 rings (SSSR count). The van der Waals surface area contributed by atoms with E-state index in [-0.39, 0.29) is 11.1 Å². The average molecular weight is 467 g/mol. The molecule has 3 aromatic carbocycles. The zero-order chi connectivity index (χ0) is 25.7. The van der Waals surface area contributed by atoms with Gasteiger partial charge in [-0.25, -0.2) is 4.98 Å². The van der Waals surface area contributed by atoms with Crippen molar-refractivity contribution >= 4 is 0 Å². The third-order valence-corrected chi connectivity index (χ3v) is 5.64. The standard InChI is InChI=1S/C29H17N5O2/c1-35-23-11-22(12-24(13-23)36-2)27-25(16-32)28(20-7-3-18(14-30)4-8-20)34-29(26(27)17-33)21-9-5-19(15-31)6-10-21/h3-13H,1-2H3. The molecule has 170 valence electrons. The van der Waals surface area contributed by atoms with Crippen molar-refractivity contribution in [1.29, 1.82) is 21.0 Å². The predicted molar refractivity (Wildman–Crippen MR) is 133 cm³/mol. The molecular weight excluding hydrogens is 450 g/mol. The smallest absolute Gasteiger partial charge is 0.123 e. The number of nitrogens with zero attached hydrogens (tertiary/aromatic N) is 5. The van der Waals surface area contributed by atoms with Crippen LogP contribution < -0.4 is 9.47 Å². The topological polar surface area (TPSA) is 127 Å². The van der Waals surface area contributed by atoms with E-state index in [1.807, 2.05) is 0 Å². The first kappa shape index (κ1) is 23.5. The van der Waals surface area contributed by atoms with Gasteiger partial charge in [-0.1, -0.05) is 24.3 Å². The summed E-state index contributed by atoms with van der Waals surface area (Å²) < 4.78 is 10.8. The van der Waals surface area contributed by atoms with Crippen LogP contribution in [0.25, 0.3) is 33.6 Å². The van der Waals surface area contributed by atoms with Crippen molar-refractivity contribution in [1.82, 2.24) is 4.98 Å². The Morgan fingerprint density at radius 1 is 0.556 bits per heavy atom. The maximum absolute atomic E-state index is 10.3. The zero-order valence-electron chi connectivity index (χ0n) is 19.4. The van der Waals surface area contributed by atoms with Crippen molar-refractivity contribution in [2.24, 2.45) is 0 Å². The summed E-state index contributed by atoms with van der Waals surface area (Å²) in [6, 6.07) is 27.2. The lowest BCUT2D eigenvalue weighted by atomic mass is 9.89. The highest BCUT2D eigenvalue weighted by Gasteiger charge is 2.24. The van der Waals surface area contributed by atoms with Crippen LogP contribution in [-0.4, -0.2) is 19.2 Å². The van der Waals surface area contributed by atoms with Crippen LogP contribution in [0.5, 0.6) is 11.5 Å². The SMILES string of the molecule is COc1cc(OC)cc(-c2c(C#N)c(-c3ccc(C#N)cc3)nc(-c3ccc(C#N)cc3)c2C#N)c1. The van der Waals surface area contributed by atoms with Crippen LogP contribution in [0.2, 0.25) is 0 Å². The second kappa shape index (κ2) is 10.1. The lowest BCUT2D eigenvalue weighted by Crippen LogP contribution is -2.02. The molecule has 0 amide bonds. The number of hydrogen-bond acceptors (Lipinski definition) is 7. The summed E-state index contributed by atoms with van der Waals surface area (Å²) in [5.74, 6) is 0.988. The zero-order valence-corrected chi connectivity index (χ0v) is 19.4. The molecule has 0 unspecified atom stereocenters. The van der Waals surface area contributed by atoms with Crippen LogP contribution in [0.4, 0.5) is 0 Å². The van der Waals surface area contributed by atoms with Crippen LogP contribution in [0, 0.1) is 45.3 Å². The molecule has 4 aromatic rings. The Hall–Kier alpha value is -5.63. The minimum atomic E-state index is 0.198.